The minimum atomic E-state index is -1.04. The normalized spacial score (nSPS) is 10.4. The van der Waals surface area contributed by atoms with E-state index in [1.165, 1.54) is 19.4 Å². The van der Waals surface area contributed by atoms with Crippen molar-refractivity contribution >= 4 is 5.82 Å². The van der Waals surface area contributed by atoms with Crippen LogP contribution in [-0.2, 0) is 0 Å². The molecule has 1 aromatic carbocycles. The maximum absolute atomic E-state index is 13.4. The van der Waals surface area contributed by atoms with E-state index in [1.54, 1.807) is 0 Å². The summed E-state index contributed by atoms with van der Waals surface area (Å²) in [6.45, 7) is 0. The predicted octanol–water partition coefficient (Wildman–Crippen LogP) is 1.95. The van der Waals surface area contributed by atoms with Crippen molar-refractivity contribution in [1.82, 2.24) is 10.2 Å². The van der Waals surface area contributed by atoms with Gasteiger partial charge in [0.2, 0.25) is 5.82 Å². The minimum Gasteiger partial charge on any atom is -0.493 e. The molecule has 3 N–H and O–H groups in total. The predicted molar refractivity (Wildman–Crippen MR) is 54.9 cm³/mol. The van der Waals surface area contributed by atoms with E-state index in [-0.39, 0.29) is 11.6 Å². The van der Waals surface area contributed by atoms with Crippen LogP contribution in [0, 0.1) is 11.6 Å². The van der Waals surface area contributed by atoms with Crippen LogP contribution < -0.4 is 10.5 Å². The molecule has 2 rings (SSSR count). The van der Waals surface area contributed by atoms with E-state index in [9.17, 15) is 8.78 Å². The second-order valence-electron chi connectivity index (χ2n) is 3.14. The SMILES string of the molecule is COc1c(-c2cn[nH]c2N)ccc(F)c1F. The van der Waals surface area contributed by atoms with E-state index < -0.39 is 11.6 Å². The summed E-state index contributed by atoms with van der Waals surface area (Å²) in [4.78, 5) is 0. The molecule has 0 aliphatic rings. The highest BCUT2D eigenvalue weighted by Crippen LogP contribution is 2.35. The molecule has 0 aliphatic heterocycles. The molecule has 0 spiro atoms. The summed E-state index contributed by atoms with van der Waals surface area (Å²) in [6, 6.07) is 2.40. The van der Waals surface area contributed by atoms with E-state index >= 15 is 0 Å². The number of aromatic amines is 1. The quantitative estimate of drug-likeness (QED) is 0.820. The molecule has 0 aliphatic carbocycles. The first kappa shape index (κ1) is 10.4. The summed E-state index contributed by atoms with van der Waals surface area (Å²) in [5.74, 6) is -1.93. The van der Waals surface area contributed by atoms with E-state index in [2.05, 4.69) is 10.2 Å². The van der Waals surface area contributed by atoms with Crippen molar-refractivity contribution in [2.75, 3.05) is 12.8 Å². The topological polar surface area (TPSA) is 63.9 Å². The highest BCUT2D eigenvalue weighted by atomic mass is 19.2. The average Bonchev–Trinajstić information content (AvgIpc) is 2.68. The Morgan fingerprint density at radius 1 is 1.31 bits per heavy atom. The number of nitrogens with two attached hydrogens (primary N) is 1. The van der Waals surface area contributed by atoms with Crippen molar-refractivity contribution in [3.8, 4) is 16.9 Å². The fourth-order valence-electron chi connectivity index (χ4n) is 1.45. The van der Waals surface area contributed by atoms with Gasteiger partial charge in [-0.05, 0) is 12.1 Å². The van der Waals surface area contributed by atoms with Gasteiger partial charge in [-0.25, -0.2) is 4.39 Å². The molecule has 1 heterocycles. The van der Waals surface area contributed by atoms with Crippen molar-refractivity contribution in [2.24, 2.45) is 0 Å². The van der Waals surface area contributed by atoms with Crippen LogP contribution in [0.2, 0.25) is 0 Å². The third-order valence-electron chi connectivity index (χ3n) is 2.21. The largest absolute Gasteiger partial charge is 0.493 e. The van der Waals surface area contributed by atoms with E-state index in [4.69, 9.17) is 10.5 Å². The van der Waals surface area contributed by atoms with Crippen molar-refractivity contribution in [3.05, 3.63) is 30.0 Å². The Kier molecular flexibility index (Phi) is 2.47. The van der Waals surface area contributed by atoms with Crippen LogP contribution in [-0.4, -0.2) is 17.3 Å². The molecule has 2 aromatic rings. The Hall–Kier alpha value is -2.11. The highest BCUT2D eigenvalue weighted by molar-refractivity contribution is 5.78. The molecular formula is C10H9F2N3O. The maximum atomic E-state index is 13.4. The molecule has 0 atom stereocenters. The number of hydrogen-bond donors (Lipinski definition) is 2. The first-order valence-corrected chi connectivity index (χ1v) is 4.46. The number of H-pyrrole nitrogens is 1. The Morgan fingerprint density at radius 3 is 2.62 bits per heavy atom. The molecule has 84 valence electrons. The standard InChI is InChI=1S/C10H9F2N3O/c1-16-9-5(2-3-7(11)8(9)12)6-4-14-15-10(6)13/h2-4H,1H3,(H3,13,14,15). The van der Waals surface area contributed by atoms with Gasteiger partial charge in [0, 0.05) is 11.1 Å². The monoisotopic (exact) mass is 225 g/mol. The first-order chi connectivity index (χ1) is 7.65. The van der Waals surface area contributed by atoms with E-state index in [1.807, 2.05) is 0 Å². The Balaban J connectivity index is 2.66. The van der Waals surface area contributed by atoms with Crippen LogP contribution in [0.1, 0.15) is 0 Å². The van der Waals surface area contributed by atoms with Gasteiger partial charge in [0.1, 0.15) is 5.82 Å². The van der Waals surface area contributed by atoms with Gasteiger partial charge in [0.15, 0.2) is 11.6 Å². The number of anilines is 1. The van der Waals surface area contributed by atoms with Gasteiger partial charge in [-0.2, -0.15) is 9.49 Å². The summed E-state index contributed by atoms with van der Waals surface area (Å²) in [5, 5.41) is 6.21. The van der Waals surface area contributed by atoms with Crippen molar-refractivity contribution in [3.63, 3.8) is 0 Å². The molecule has 16 heavy (non-hydrogen) atoms. The summed E-state index contributed by atoms with van der Waals surface area (Å²) in [5.41, 5.74) is 6.42. The zero-order valence-electron chi connectivity index (χ0n) is 8.42. The number of ether oxygens (including phenoxy) is 1. The molecule has 0 radical (unpaired) electrons. The number of aromatic nitrogens is 2. The van der Waals surface area contributed by atoms with Crippen molar-refractivity contribution < 1.29 is 13.5 Å². The fourth-order valence-corrected chi connectivity index (χ4v) is 1.45. The maximum Gasteiger partial charge on any atom is 0.201 e. The Labute approximate surface area is 90.0 Å². The van der Waals surface area contributed by atoms with Gasteiger partial charge in [-0.1, -0.05) is 0 Å². The van der Waals surface area contributed by atoms with Crippen LogP contribution in [0.3, 0.4) is 0 Å². The summed E-state index contributed by atoms with van der Waals surface area (Å²) in [7, 11) is 1.26. The molecule has 0 saturated heterocycles. The average molecular weight is 225 g/mol. The van der Waals surface area contributed by atoms with Crippen LogP contribution in [0.25, 0.3) is 11.1 Å². The zero-order chi connectivity index (χ0) is 11.7. The lowest BCUT2D eigenvalue weighted by Crippen LogP contribution is -1.96. The van der Waals surface area contributed by atoms with Gasteiger partial charge < -0.3 is 10.5 Å². The van der Waals surface area contributed by atoms with Crippen LogP contribution >= 0.6 is 0 Å². The molecule has 0 unspecified atom stereocenters. The number of halogens is 2. The van der Waals surface area contributed by atoms with E-state index in [0.717, 1.165) is 6.07 Å². The molecule has 1 aromatic heterocycles. The molecule has 0 saturated carbocycles. The number of benzene rings is 1. The van der Waals surface area contributed by atoms with Gasteiger partial charge in [0.05, 0.1) is 13.3 Å². The van der Waals surface area contributed by atoms with Gasteiger partial charge >= 0.3 is 0 Å². The molecule has 0 bridgehead atoms. The number of nitrogens with one attached hydrogen (secondary N) is 1. The molecule has 0 amide bonds. The highest BCUT2D eigenvalue weighted by Gasteiger charge is 2.17. The van der Waals surface area contributed by atoms with E-state index in [0.29, 0.717) is 11.1 Å². The second-order valence-corrected chi connectivity index (χ2v) is 3.14. The van der Waals surface area contributed by atoms with Gasteiger partial charge in [-0.15, -0.1) is 0 Å². The number of nitrogen functional groups attached to an aromatic ring is 1. The smallest absolute Gasteiger partial charge is 0.201 e. The third kappa shape index (κ3) is 1.48. The van der Waals surface area contributed by atoms with Crippen molar-refractivity contribution in [2.45, 2.75) is 0 Å². The van der Waals surface area contributed by atoms with Crippen LogP contribution in [0.4, 0.5) is 14.6 Å². The summed E-state index contributed by atoms with van der Waals surface area (Å²) >= 11 is 0. The third-order valence-corrected chi connectivity index (χ3v) is 2.21. The lowest BCUT2D eigenvalue weighted by Gasteiger charge is -2.08. The number of hydrogen-bond acceptors (Lipinski definition) is 3. The molecule has 4 nitrogen and oxygen atoms in total. The summed E-state index contributed by atoms with van der Waals surface area (Å²) < 4.78 is 31.2. The Bertz CT molecular complexity index is 525. The van der Waals surface area contributed by atoms with Crippen molar-refractivity contribution in [1.29, 1.82) is 0 Å². The lowest BCUT2D eigenvalue weighted by molar-refractivity contribution is 0.373. The number of rotatable bonds is 2. The molecule has 6 heteroatoms. The zero-order valence-corrected chi connectivity index (χ0v) is 8.42. The summed E-state index contributed by atoms with van der Waals surface area (Å²) in [6.07, 6.45) is 1.42. The fraction of sp³-hybridized carbons (Fsp3) is 0.100. The molecular weight excluding hydrogens is 216 g/mol. The van der Waals surface area contributed by atoms with Crippen LogP contribution in [0.5, 0.6) is 5.75 Å². The number of nitrogens with zero attached hydrogens (tertiary/aromatic N) is 1. The molecule has 0 fully saturated rings. The van der Waals surface area contributed by atoms with Gasteiger partial charge in [-0.3, -0.25) is 5.10 Å². The van der Waals surface area contributed by atoms with Gasteiger partial charge in [0.25, 0.3) is 0 Å². The first-order valence-electron chi connectivity index (χ1n) is 4.46. The van der Waals surface area contributed by atoms with Crippen LogP contribution in [0.15, 0.2) is 18.3 Å². The second kappa shape index (κ2) is 3.80. The Morgan fingerprint density at radius 2 is 2.06 bits per heavy atom. The minimum absolute atomic E-state index is 0.187. The number of methoxy groups -OCH3 is 1. The lowest BCUT2D eigenvalue weighted by atomic mass is 10.1.